The number of nitrogens with zero attached hydrogens (tertiary/aromatic N) is 1. The Labute approximate surface area is 161 Å². The average molecular weight is 382 g/mol. The number of rotatable bonds is 5. The fraction of sp³-hybridized carbons (Fsp3) is 0.100. The van der Waals surface area contributed by atoms with Crippen LogP contribution < -0.4 is 20.1 Å². The van der Waals surface area contributed by atoms with E-state index in [0.717, 1.165) is 17.0 Å². The van der Waals surface area contributed by atoms with Gasteiger partial charge in [0.15, 0.2) is 11.5 Å². The molecular formula is C20H16ClN3O3. The van der Waals surface area contributed by atoms with Crippen LogP contribution in [0, 0.1) is 0 Å². The van der Waals surface area contributed by atoms with E-state index in [1.165, 1.54) is 6.20 Å². The number of anilines is 2. The molecule has 0 saturated carbocycles. The number of pyridine rings is 1. The van der Waals surface area contributed by atoms with Crippen molar-refractivity contribution in [2.75, 3.05) is 12.1 Å². The lowest BCUT2D eigenvalue weighted by atomic mass is 10.2. The smallest absolute Gasteiger partial charge is 0.253 e. The van der Waals surface area contributed by atoms with E-state index < -0.39 is 0 Å². The summed E-state index contributed by atoms with van der Waals surface area (Å²) >= 11 is 5.87. The van der Waals surface area contributed by atoms with Gasteiger partial charge in [0, 0.05) is 23.5 Å². The molecule has 0 radical (unpaired) electrons. The number of fused-ring (bicyclic) bond motifs is 1. The Morgan fingerprint density at radius 2 is 1.85 bits per heavy atom. The third-order valence-electron chi connectivity index (χ3n) is 4.03. The Morgan fingerprint density at radius 1 is 1.04 bits per heavy atom. The van der Waals surface area contributed by atoms with Gasteiger partial charge in [-0.25, -0.2) is 4.98 Å². The van der Waals surface area contributed by atoms with Crippen molar-refractivity contribution >= 4 is 29.0 Å². The number of ether oxygens (including phenoxy) is 2. The zero-order valence-electron chi connectivity index (χ0n) is 14.2. The molecule has 1 aliphatic heterocycles. The Hall–Kier alpha value is -3.25. The number of nitrogens with one attached hydrogen (secondary N) is 2. The van der Waals surface area contributed by atoms with Crippen LogP contribution in [0.4, 0.5) is 11.5 Å². The molecule has 2 heterocycles. The van der Waals surface area contributed by atoms with Crippen LogP contribution in [-0.2, 0) is 6.54 Å². The molecule has 4 rings (SSSR count). The Balaban J connectivity index is 1.35. The summed E-state index contributed by atoms with van der Waals surface area (Å²) < 4.78 is 10.6. The van der Waals surface area contributed by atoms with Gasteiger partial charge in [0.25, 0.3) is 5.91 Å². The quantitative estimate of drug-likeness (QED) is 0.695. The molecule has 136 valence electrons. The van der Waals surface area contributed by atoms with Crippen LogP contribution in [0.1, 0.15) is 15.9 Å². The first-order valence-electron chi connectivity index (χ1n) is 8.33. The average Bonchev–Trinajstić information content (AvgIpc) is 3.16. The van der Waals surface area contributed by atoms with Gasteiger partial charge < -0.3 is 20.1 Å². The molecule has 0 fully saturated rings. The van der Waals surface area contributed by atoms with Gasteiger partial charge in [0.2, 0.25) is 6.79 Å². The minimum absolute atomic E-state index is 0.196. The highest BCUT2D eigenvalue weighted by Crippen LogP contribution is 2.32. The molecular weight excluding hydrogens is 366 g/mol. The van der Waals surface area contributed by atoms with Crippen molar-refractivity contribution in [2.45, 2.75) is 6.54 Å². The molecule has 2 N–H and O–H groups in total. The molecule has 2 aromatic carbocycles. The van der Waals surface area contributed by atoms with Crippen LogP contribution in [-0.4, -0.2) is 17.7 Å². The molecule has 1 aromatic heterocycles. The van der Waals surface area contributed by atoms with Gasteiger partial charge in [-0.15, -0.1) is 0 Å². The van der Waals surface area contributed by atoms with E-state index >= 15 is 0 Å². The molecule has 7 heteroatoms. The van der Waals surface area contributed by atoms with Crippen molar-refractivity contribution < 1.29 is 14.3 Å². The van der Waals surface area contributed by atoms with Crippen molar-refractivity contribution in [1.29, 1.82) is 0 Å². The van der Waals surface area contributed by atoms with Crippen molar-refractivity contribution in [2.24, 2.45) is 0 Å². The number of amides is 1. The first-order valence-corrected chi connectivity index (χ1v) is 8.70. The summed E-state index contributed by atoms with van der Waals surface area (Å²) in [4.78, 5) is 16.6. The number of carbonyl (C=O) groups excluding carboxylic acids is 1. The van der Waals surface area contributed by atoms with Gasteiger partial charge in [-0.2, -0.15) is 0 Å². The lowest BCUT2D eigenvalue weighted by Gasteiger charge is -2.08. The lowest BCUT2D eigenvalue weighted by molar-refractivity contribution is 0.0950. The molecule has 3 aromatic rings. The lowest BCUT2D eigenvalue weighted by Crippen LogP contribution is -2.22. The zero-order chi connectivity index (χ0) is 18.6. The number of halogens is 1. The third kappa shape index (κ3) is 4.12. The number of hydrogen-bond acceptors (Lipinski definition) is 5. The topological polar surface area (TPSA) is 72.5 Å². The van der Waals surface area contributed by atoms with Crippen LogP contribution >= 0.6 is 11.6 Å². The molecule has 0 aliphatic carbocycles. The second kappa shape index (κ2) is 7.55. The summed E-state index contributed by atoms with van der Waals surface area (Å²) in [5.41, 5.74) is 2.28. The standard InChI is InChI=1S/C20H16ClN3O3/c21-15-3-5-16(6-4-15)24-19-8-2-14(11-22-19)20(25)23-10-13-1-7-17-18(9-13)27-12-26-17/h1-9,11H,10,12H2,(H,22,24)(H,23,25). The van der Waals surface area contributed by atoms with E-state index in [-0.39, 0.29) is 12.7 Å². The van der Waals surface area contributed by atoms with E-state index in [1.807, 2.05) is 30.3 Å². The van der Waals surface area contributed by atoms with Gasteiger partial charge in [-0.1, -0.05) is 17.7 Å². The van der Waals surface area contributed by atoms with Gasteiger partial charge >= 0.3 is 0 Å². The highest BCUT2D eigenvalue weighted by molar-refractivity contribution is 6.30. The summed E-state index contributed by atoms with van der Waals surface area (Å²) in [5, 5.41) is 6.69. The van der Waals surface area contributed by atoms with Crippen molar-refractivity contribution in [3.63, 3.8) is 0 Å². The molecule has 0 unspecified atom stereocenters. The SMILES string of the molecule is O=C(NCc1ccc2c(c1)OCO2)c1ccc(Nc2ccc(Cl)cc2)nc1. The second-order valence-corrected chi connectivity index (χ2v) is 6.37. The van der Waals surface area contributed by atoms with Crippen molar-refractivity contribution in [3.8, 4) is 11.5 Å². The maximum atomic E-state index is 12.3. The van der Waals surface area contributed by atoms with Crippen LogP contribution in [0.3, 0.4) is 0 Å². The van der Waals surface area contributed by atoms with Gasteiger partial charge in [0.05, 0.1) is 5.56 Å². The number of benzene rings is 2. The Morgan fingerprint density at radius 3 is 2.63 bits per heavy atom. The summed E-state index contributed by atoms with van der Waals surface area (Å²) in [7, 11) is 0. The maximum Gasteiger partial charge on any atom is 0.253 e. The van der Waals surface area contributed by atoms with E-state index in [2.05, 4.69) is 15.6 Å². The molecule has 0 atom stereocenters. The molecule has 0 saturated heterocycles. The van der Waals surface area contributed by atoms with Gasteiger partial charge in [0.1, 0.15) is 5.82 Å². The zero-order valence-corrected chi connectivity index (χ0v) is 15.0. The number of carbonyl (C=O) groups is 1. The number of aromatic nitrogens is 1. The van der Waals surface area contributed by atoms with Crippen molar-refractivity contribution in [3.05, 3.63) is 76.9 Å². The van der Waals surface area contributed by atoms with Crippen LogP contribution in [0.15, 0.2) is 60.8 Å². The number of hydrogen-bond donors (Lipinski definition) is 2. The molecule has 0 bridgehead atoms. The predicted octanol–water partition coefficient (Wildman–Crippen LogP) is 4.14. The van der Waals surface area contributed by atoms with Crippen LogP contribution in [0.25, 0.3) is 0 Å². The second-order valence-electron chi connectivity index (χ2n) is 5.93. The van der Waals surface area contributed by atoms with E-state index in [4.69, 9.17) is 21.1 Å². The fourth-order valence-electron chi connectivity index (χ4n) is 2.62. The molecule has 1 amide bonds. The van der Waals surface area contributed by atoms with Crippen molar-refractivity contribution in [1.82, 2.24) is 10.3 Å². The Bertz CT molecular complexity index is 959. The molecule has 1 aliphatic rings. The molecule has 6 nitrogen and oxygen atoms in total. The third-order valence-corrected chi connectivity index (χ3v) is 4.28. The van der Waals surface area contributed by atoms with E-state index in [9.17, 15) is 4.79 Å². The first kappa shape index (κ1) is 17.2. The summed E-state index contributed by atoms with van der Waals surface area (Å²) in [6, 6.07) is 16.4. The monoisotopic (exact) mass is 381 g/mol. The minimum atomic E-state index is -0.196. The predicted molar refractivity (Wildman–Crippen MR) is 103 cm³/mol. The summed E-state index contributed by atoms with van der Waals surface area (Å²) in [5.74, 6) is 1.86. The highest BCUT2D eigenvalue weighted by atomic mass is 35.5. The fourth-order valence-corrected chi connectivity index (χ4v) is 2.74. The van der Waals surface area contributed by atoms with Crippen LogP contribution in [0.2, 0.25) is 5.02 Å². The van der Waals surface area contributed by atoms with Crippen LogP contribution in [0.5, 0.6) is 11.5 Å². The van der Waals surface area contributed by atoms with Gasteiger partial charge in [-0.05, 0) is 54.1 Å². The van der Waals surface area contributed by atoms with Gasteiger partial charge in [-0.3, -0.25) is 4.79 Å². The largest absolute Gasteiger partial charge is 0.454 e. The normalized spacial score (nSPS) is 11.9. The molecule has 27 heavy (non-hydrogen) atoms. The minimum Gasteiger partial charge on any atom is -0.454 e. The first-order chi connectivity index (χ1) is 13.2. The summed E-state index contributed by atoms with van der Waals surface area (Å²) in [6.07, 6.45) is 1.53. The van der Waals surface area contributed by atoms with E-state index in [0.29, 0.717) is 28.7 Å². The highest BCUT2D eigenvalue weighted by Gasteiger charge is 2.13. The maximum absolute atomic E-state index is 12.3. The molecule has 0 spiro atoms. The summed E-state index contributed by atoms with van der Waals surface area (Å²) in [6.45, 7) is 0.619. The van der Waals surface area contributed by atoms with E-state index in [1.54, 1.807) is 24.3 Å². The Kier molecular flexibility index (Phi) is 4.80.